The molecule has 46 heavy (non-hydrogen) atoms. The third-order valence-electron chi connectivity index (χ3n) is 9.30. The predicted molar refractivity (Wildman–Crippen MR) is 145 cm³/mol. The summed E-state index contributed by atoms with van der Waals surface area (Å²) in [6.45, 7) is 1.66. The number of anilines is 1. The molecule has 3 heterocycles. The van der Waals surface area contributed by atoms with Crippen LogP contribution in [-0.4, -0.2) is 31.8 Å². The second-order valence-electron chi connectivity index (χ2n) is 12.4. The Hall–Kier alpha value is -4.47. The monoisotopic (exact) mass is 649 g/mol. The van der Waals surface area contributed by atoms with Crippen LogP contribution in [0.25, 0.3) is 5.69 Å². The van der Waals surface area contributed by atoms with Crippen molar-refractivity contribution in [1.29, 1.82) is 0 Å². The van der Waals surface area contributed by atoms with Gasteiger partial charge in [0.15, 0.2) is 23.0 Å². The van der Waals surface area contributed by atoms with E-state index in [-0.39, 0.29) is 46.0 Å². The summed E-state index contributed by atoms with van der Waals surface area (Å²) in [5.74, 6) is -1.28. The van der Waals surface area contributed by atoms with Crippen molar-refractivity contribution in [3.05, 3.63) is 81.1 Å². The number of H-pyrrole nitrogens is 1. The van der Waals surface area contributed by atoms with Gasteiger partial charge in [0.1, 0.15) is 11.9 Å². The number of rotatable bonds is 7. The Morgan fingerprint density at radius 1 is 1.11 bits per heavy atom. The van der Waals surface area contributed by atoms with Crippen molar-refractivity contribution in [3.8, 4) is 17.2 Å². The van der Waals surface area contributed by atoms with E-state index in [9.17, 15) is 26.7 Å². The molecule has 4 aromatic rings. The molecule has 3 saturated carbocycles. The van der Waals surface area contributed by atoms with Crippen molar-refractivity contribution >= 4 is 5.69 Å². The Labute approximate surface area is 255 Å². The Morgan fingerprint density at radius 2 is 1.87 bits per heavy atom. The Balaban J connectivity index is 1.09. The second kappa shape index (κ2) is 9.53. The smallest absolute Gasteiger partial charge is 0.395 e. The molecule has 0 spiro atoms. The Kier molecular flexibility index (Phi) is 6.00. The maximum absolute atomic E-state index is 15.1. The summed E-state index contributed by atoms with van der Waals surface area (Å²) < 4.78 is 106. The number of benzene rings is 2. The number of hydrogen-bond acceptors (Lipinski definition) is 8. The maximum atomic E-state index is 15.1. The van der Waals surface area contributed by atoms with Crippen molar-refractivity contribution in [1.82, 2.24) is 19.9 Å². The van der Waals surface area contributed by atoms with E-state index in [0.29, 0.717) is 43.5 Å². The van der Waals surface area contributed by atoms with Gasteiger partial charge in [-0.15, -0.1) is 8.78 Å². The number of nitrogens with zero attached hydrogens (tertiary/aromatic N) is 3. The summed E-state index contributed by atoms with van der Waals surface area (Å²) >= 11 is 0. The first-order valence-electron chi connectivity index (χ1n) is 14.6. The zero-order chi connectivity index (χ0) is 32.2. The first-order chi connectivity index (χ1) is 21.7. The molecule has 10 nitrogen and oxygen atoms in total. The molecule has 2 bridgehead atoms. The number of halogens is 6. The highest BCUT2D eigenvalue weighted by molar-refractivity contribution is 5.56. The molecule has 2 aromatic heterocycles. The zero-order valence-corrected chi connectivity index (χ0v) is 24.0. The van der Waals surface area contributed by atoms with E-state index >= 15 is 4.39 Å². The van der Waals surface area contributed by atoms with Crippen LogP contribution in [0.15, 0.2) is 45.7 Å². The molecule has 242 valence electrons. The van der Waals surface area contributed by atoms with Gasteiger partial charge in [0.2, 0.25) is 0 Å². The van der Waals surface area contributed by atoms with E-state index in [0.717, 1.165) is 6.07 Å². The lowest BCUT2D eigenvalue weighted by molar-refractivity contribution is -0.286. The zero-order valence-electron chi connectivity index (χ0n) is 24.0. The summed E-state index contributed by atoms with van der Waals surface area (Å²) in [5, 5.41) is 9.51. The van der Waals surface area contributed by atoms with Gasteiger partial charge in [-0.1, -0.05) is 6.07 Å². The molecule has 0 saturated heterocycles. The lowest BCUT2D eigenvalue weighted by Gasteiger charge is -2.69. The minimum atomic E-state index is -4.73. The van der Waals surface area contributed by atoms with Gasteiger partial charge in [0, 0.05) is 17.0 Å². The van der Waals surface area contributed by atoms with Gasteiger partial charge in [-0.25, -0.2) is 19.0 Å². The molecule has 4 aliphatic carbocycles. The summed E-state index contributed by atoms with van der Waals surface area (Å²) in [6, 6.07) is 7.34. The molecule has 2 N–H and O–H groups in total. The van der Waals surface area contributed by atoms with Crippen LogP contribution < -0.4 is 20.5 Å². The molecule has 1 unspecified atom stereocenters. The lowest BCUT2D eigenvalue weighted by Crippen LogP contribution is -2.71. The summed E-state index contributed by atoms with van der Waals surface area (Å²) in [7, 11) is 0. The first-order valence-corrected chi connectivity index (χ1v) is 14.6. The van der Waals surface area contributed by atoms with E-state index in [1.807, 2.05) is 0 Å². The fraction of sp³-hybridized carbons (Fsp3) is 0.433. The number of hydrogen-bond donors (Lipinski definition) is 2. The highest BCUT2D eigenvalue weighted by Gasteiger charge is 2.72. The maximum Gasteiger partial charge on any atom is 0.586 e. The third-order valence-corrected chi connectivity index (χ3v) is 9.30. The molecule has 16 heteroatoms. The fourth-order valence-corrected chi connectivity index (χ4v) is 7.32. The van der Waals surface area contributed by atoms with E-state index in [1.54, 1.807) is 6.92 Å². The molecule has 9 rings (SSSR count). The standard InChI is InChI=1S/C30H25F6N5O5/c1-14(15-5-8-20-22(9-15)45-30(35,36)44-20)37-19-10-16(6-7-18(19)31)41-23-17(24(39-41)29(32,33)34)3-2-4-21(23)43-28-11-27(12-28,13-28)25-38-26(42)46-40-25/h5-10,14,21,37H,2-4,11-13H2,1H3,(H,38,40,42)/t14?,21-,27?,28?/m0/s1. The second-order valence-corrected chi connectivity index (χ2v) is 12.4. The molecule has 2 atom stereocenters. The van der Waals surface area contributed by atoms with Crippen LogP contribution in [0.1, 0.15) is 79.5 Å². The normalized spacial score (nSPS) is 26.2. The minimum absolute atomic E-state index is 0.0373. The fourth-order valence-electron chi connectivity index (χ4n) is 7.32. The summed E-state index contributed by atoms with van der Waals surface area (Å²) in [4.78, 5) is 15.3. The van der Waals surface area contributed by atoms with Crippen LogP contribution in [0.2, 0.25) is 0 Å². The van der Waals surface area contributed by atoms with Crippen LogP contribution in [0.5, 0.6) is 11.5 Å². The van der Waals surface area contributed by atoms with Crippen molar-refractivity contribution in [2.45, 2.75) is 81.1 Å². The minimum Gasteiger partial charge on any atom is -0.395 e. The van der Waals surface area contributed by atoms with Crippen molar-refractivity contribution < 1.29 is 45.1 Å². The molecule has 0 amide bonds. The van der Waals surface area contributed by atoms with Gasteiger partial charge >= 0.3 is 18.2 Å². The van der Waals surface area contributed by atoms with Crippen LogP contribution in [-0.2, 0) is 22.7 Å². The molecule has 0 radical (unpaired) electrons. The number of alkyl halides is 5. The quantitative estimate of drug-likeness (QED) is 0.219. The molecule has 2 aromatic carbocycles. The van der Waals surface area contributed by atoms with Gasteiger partial charge in [0.05, 0.1) is 22.7 Å². The molecule has 5 aliphatic rings. The van der Waals surface area contributed by atoms with Crippen LogP contribution >= 0.6 is 0 Å². The molecule has 3 fully saturated rings. The van der Waals surface area contributed by atoms with Crippen molar-refractivity contribution in [3.63, 3.8) is 0 Å². The van der Waals surface area contributed by atoms with Gasteiger partial charge in [-0.3, -0.25) is 0 Å². The number of aromatic amines is 1. The Bertz CT molecular complexity index is 1910. The third kappa shape index (κ3) is 4.55. The van der Waals surface area contributed by atoms with Crippen LogP contribution in [0.4, 0.5) is 32.0 Å². The molecule has 1 aliphatic heterocycles. The van der Waals surface area contributed by atoms with Gasteiger partial charge < -0.3 is 24.1 Å². The van der Waals surface area contributed by atoms with E-state index < -0.39 is 47.5 Å². The predicted octanol–water partition coefficient (Wildman–Crippen LogP) is 6.47. The summed E-state index contributed by atoms with van der Waals surface area (Å²) in [5.41, 5.74) is -1.07. The van der Waals surface area contributed by atoms with Gasteiger partial charge in [-0.2, -0.15) is 23.3 Å². The van der Waals surface area contributed by atoms with E-state index in [2.05, 4.69) is 30.0 Å². The van der Waals surface area contributed by atoms with Crippen molar-refractivity contribution in [2.24, 2.45) is 0 Å². The van der Waals surface area contributed by atoms with E-state index in [1.165, 1.54) is 35.0 Å². The average Bonchev–Trinajstić information content (AvgIpc) is 3.64. The molecular formula is C30H25F6N5O5. The largest absolute Gasteiger partial charge is 0.586 e. The number of ether oxygens (including phenoxy) is 3. The topological polar surface area (TPSA) is 116 Å². The Morgan fingerprint density at radius 3 is 2.59 bits per heavy atom. The highest BCUT2D eigenvalue weighted by Crippen LogP contribution is 2.70. The SMILES string of the molecule is CC(Nc1cc(-n2nc(C(F)(F)F)c3c2[C@@H](OC24CC(c5nc(=O)o[nH]5)(C2)C4)CCC3)ccc1F)c1ccc2c(c1)OC(F)(F)O2. The number of nitrogens with one attached hydrogen (secondary N) is 2. The first kappa shape index (κ1) is 29.0. The van der Waals surface area contributed by atoms with E-state index in [4.69, 9.17) is 9.26 Å². The lowest BCUT2D eigenvalue weighted by atomic mass is 9.40. The molecular weight excluding hydrogens is 624 g/mol. The number of fused-ring (bicyclic) bond motifs is 2. The van der Waals surface area contributed by atoms with Crippen LogP contribution in [0, 0.1) is 5.82 Å². The average molecular weight is 650 g/mol. The summed E-state index contributed by atoms with van der Waals surface area (Å²) in [6.07, 6.45) is -6.57. The highest BCUT2D eigenvalue weighted by atomic mass is 19.4. The van der Waals surface area contributed by atoms with Gasteiger partial charge in [0.25, 0.3) is 0 Å². The van der Waals surface area contributed by atoms with Gasteiger partial charge in [-0.05, 0) is 81.3 Å². The number of aromatic nitrogens is 4. The van der Waals surface area contributed by atoms with Crippen molar-refractivity contribution in [2.75, 3.05) is 5.32 Å². The van der Waals surface area contributed by atoms with Crippen LogP contribution in [0.3, 0.4) is 0 Å².